The fourth-order valence-electron chi connectivity index (χ4n) is 9.19. The number of aromatic nitrogens is 2. The molecule has 10 aromatic carbocycles. The Morgan fingerprint density at radius 1 is 0.295 bits per heavy atom. The smallest absolute Gasteiger partial charge is 0.160 e. The van der Waals surface area contributed by atoms with Crippen LogP contribution in [0.15, 0.2) is 218 Å². The van der Waals surface area contributed by atoms with Crippen LogP contribution in [0.5, 0.6) is 0 Å². The van der Waals surface area contributed by atoms with Gasteiger partial charge in [0, 0.05) is 42.4 Å². The molecule has 0 bridgehead atoms. The fourth-order valence-corrected chi connectivity index (χ4v) is 10.4. The lowest BCUT2D eigenvalue weighted by molar-refractivity contribution is 1.18. The zero-order valence-electron chi connectivity index (χ0n) is 33.1. The molecule has 284 valence electrons. The quantitative estimate of drug-likeness (QED) is 0.124. The van der Waals surface area contributed by atoms with Crippen molar-refractivity contribution in [1.82, 2.24) is 9.97 Å². The Morgan fingerprint density at radius 2 is 0.885 bits per heavy atom. The Bertz CT molecular complexity index is 3660. The molecule has 12 rings (SSSR count). The van der Waals surface area contributed by atoms with Gasteiger partial charge in [-0.25, -0.2) is 9.97 Å². The van der Waals surface area contributed by atoms with Crippen LogP contribution in [0.2, 0.25) is 0 Å². The Labute approximate surface area is 357 Å². The number of rotatable bonds is 6. The summed E-state index contributed by atoms with van der Waals surface area (Å²) in [4.78, 5) is 10.6. The third-order valence-electron chi connectivity index (χ3n) is 12.1. The molecular weight excluding hydrogens is 757 g/mol. The first-order valence-corrected chi connectivity index (χ1v) is 21.5. The van der Waals surface area contributed by atoms with Crippen LogP contribution in [-0.2, 0) is 0 Å². The second-order valence-corrected chi connectivity index (χ2v) is 16.7. The van der Waals surface area contributed by atoms with Gasteiger partial charge < -0.3 is 0 Å². The maximum atomic E-state index is 5.30. The number of hydrogen-bond donors (Lipinski definition) is 0. The first-order valence-electron chi connectivity index (χ1n) is 20.7. The molecule has 0 aliphatic carbocycles. The molecule has 0 amide bonds. The topological polar surface area (TPSA) is 25.8 Å². The highest BCUT2D eigenvalue weighted by Crippen LogP contribution is 2.44. The summed E-state index contributed by atoms with van der Waals surface area (Å²) in [5.41, 5.74) is 12.0. The maximum Gasteiger partial charge on any atom is 0.160 e. The summed E-state index contributed by atoms with van der Waals surface area (Å²) in [5.74, 6) is 0.700. The van der Waals surface area contributed by atoms with Crippen LogP contribution in [-0.4, -0.2) is 9.97 Å². The van der Waals surface area contributed by atoms with Crippen molar-refractivity contribution in [2.24, 2.45) is 0 Å². The van der Waals surface area contributed by atoms with Gasteiger partial charge in [0.25, 0.3) is 0 Å². The van der Waals surface area contributed by atoms with Crippen LogP contribution in [0, 0.1) is 0 Å². The molecule has 61 heavy (non-hydrogen) atoms. The van der Waals surface area contributed by atoms with Gasteiger partial charge in [0.15, 0.2) is 5.82 Å². The summed E-state index contributed by atoms with van der Waals surface area (Å²) in [6, 6.07) is 78.7. The third kappa shape index (κ3) is 6.09. The SMILES string of the molecule is c1ccc(-c2nc(-c3cccc(-c4cccc(-c5c6ccccc6cc6c5ccc5ccccc56)c4)c3)cc(-c3ccccc3-c3cccc4c3sc3ccccc34)n2)cc1. The highest BCUT2D eigenvalue weighted by Gasteiger charge is 2.18. The zero-order valence-corrected chi connectivity index (χ0v) is 33.9. The first kappa shape index (κ1) is 35.2. The molecule has 0 aliphatic heterocycles. The molecule has 2 aromatic heterocycles. The average molecular weight is 793 g/mol. The summed E-state index contributed by atoms with van der Waals surface area (Å²) in [7, 11) is 0. The molecule has 0 spiro atoms. The van der Waals surface area contributed by atoms with Crippen molar-refractivity contribution in [3.05, 3.63) is 218 Å². The van der Waals surface area contributed by atoms with E-state index in [0.29, 0.717) is 5.82 Å². The second kappa shape index (κ2) is 14.5. The van der Waals surface area contributed by atoms with E-state index in [1.54, 1.807) is 0 Å². The Morgan fingerprint density at radius 3 is 1.74 bits per heavy atom. The molecule has 0 saturated heterocycles. The van der Waals surface area contributed by atoms with E-state index in [1.165, 1.54) is 69.2 Å². The molecule has 0 saturated carbocycles. The molecule has 0 aliphatic rings. The van der Waals surface area contributed by atoms with E-state index >= 15 is 0 Å². The van der Waals surface area contributed by atoms with Gasteiger partial charge in [-0.2, -0.15) is 0 Å². The number of hydrogen-bond acceptors (Lipinski definition) is 3. The molecule has 0 fully saturated rings. The van der Waals surface area contributed by atoms with Crippen LogP contribution in [0.3, 0.4) is 0 Å². The predicted molar refractivity (Wildman–Crippen MR) is 260 cm³/mol. The van der Waals surface area contributed by atoms with E-state index in [1.807, 2.05) is 17.4 Å². The monoisotopic (exact) mass is 792 g/mol. The second-order valence-electron chi connectivity index (χ2n) is 15.7. The van der Waals surface area contributed by atoms with Crippen molar-refractivity contribution in [1.29, 1.82) is 0 Å². The van der Waals surface area contributed by atoms with E-state index in [2.05, 4.69) is 212 Å². The van der Waals surface area contributed by atoms with Gasteiger partial charge in [-0.1, -0.05) is 188 Å². The predicted octanol–water partition coefficient (Wildman–Crippen LogP) is 16.3. The normalized spacial score (nSPS) is 11.6. The number of thiophene rings is 1. The zero-order chi connectivity index (χ0) is 40.3. The molecule has 0 N–H and O–H groups in total. The molecule has 2 nitrogen and oxygen atoms in total. The van der Waals surface area contributed by atoms with Crippen molar-refractivity contribution < 1.29 is 0 Å². The highest BCUT2D eigenvalue weighted by atomic mass is 32.1. The van der Waals surface area contributed by atoms with E-state index < -0.39 is 0 Å². The highest BCUT2D eigenvalue weighted by molar-refractivity contribution is 7.26. The number of nitrogens with zero attached hydrogens (tertiary/aromatic N) is 2. The maximum absolute atomic E-state index is 5.30. The summed E-state index contributed by atoms with van der Waals surface area (Å²) in [6.07, 6.45) is 0. The van der Waals surface area contributed by atoms with Crippen LogP contribution in [0.4, 0.5) is 0 Å². The average Bonchev–Trinajstić information content (AvgIpc) is 3.72. The van der Waals surface area contributed by atoms with Gasteiger partial charge >= 0.3 is 0 Å². The minimum Gasteiger partial charge on any atom is -0.228 e. The lowest BCUT2D eigenvalue weighted by Gasteiger charge is -2.15. The summed E-state index contributed by atoms with van der Waals surface area (Å²) >= 11 is 1.85. The summed E-state index contributed by atoms with van der Waals surface area (Å²) in [5, 5.41) is 10.1. The summed E-state index contributed by atoms with van der Waals surface area (Å²) in [6.45, 7) is 0. The van der Waals surface area contributed by atoms with Gasteiger partial charge in [-0.05, 0) is 90.5 Å². The van der Waals surface area contributed by atoms with Crippen molar-refractivity contribution >= 4 is 63.8 Å². The van der Waals surface area contributed by atoms with E-state index in [0.717, 1.165) is 44.8 Å². The number of fused-ring (bicyclic) bond motifs is 7. The first-order chi connectivity index (χ1) is 30.2. The van der Waals surface area contributed by atoms with Crippen LogP contribution >= 0.6 is 11.3 Å². The molecule has 2 heterocycles. The minimum absolute atomic E-state index is 0.700. The van der Waals surface area contributed by atoms with Gasteiger partial charge in [-0.3, -0.25) is 0 Å². The van der Waals surface area contributed by atoms with Gasteiger partial charge in [0.2, 0.25) is 0 Å². The van der Waals surface area contributed by atoms with Crippen molar-refractivity contribution in [2.75, 3.05) is 0 Å². The standard InChI is InChI=1S/C58H36N2S/c1-2-16-38(17-3-1)58-59-53(36-54(60-58)47-26-9-8-25-46(47)50-28-14-29-51-48-27-10-11-30-55(48)61-57(50)51)42-21-12-19-39(33-42)40-20-13-22-43(34-40)56-45-24-7-5-18-41(45)35-52-44-23-6-4-15-37(44)31-32-49(52)56/h1-36H. The molecular formula is C58H36N2S. The van der Waals surface area contributed by atoms with Gasteiger partial charge in [-0.15, -0.1) is 11.3 Å². The Hall–Kier alpha value is -7.72. The third-order valence-corrected chi connectivity index (χ3v) is 13.3. The molecule has 0 unspecified atom stereocenters. The van der Waals surface area contributed by atoms with Crippen LogP contribution < -0.4 is 0 Å². The summed E-state index contributed by atoms with van der Waals surface area (Å²) < 4.78 is 2.58. The van der Waals surface area contributed by atoms with Crippen molar-refractivity contribution in [2.45, 2.75) is 0 Å². The molecule has 12 aromatic rings. The van der Waals surface area contributed by atoms with Gasteiger partial charge in [0.05, 0.1) is 11.4 Å². The van der Waals surface area contributed by atoms with Gasteiger partial charge in [0.1, 0.15) is 0 Å². The fraction of sp³-hybridized carbons (Fsp3) is 0. The largest absolute Gasteiger partial charge is 0.228 e. The minimum atomic E-state index is 0.700. The lowest BCUT2D eigenvalue weighted by atomic mass is 9.88. The van der Waals surface area contributed by atoms with Crippen molar-refractivity contribution in [3.63, 3.8) is 0 Å². The van der Waals surface area contributed by atoms with Crippen LogP contribution in [0.25, 0.3) is 120 Å². The van der Waals surface area contributed by atoms with E-state index in [9.17, 15) is 0 Å². The van der Waals surface area contributed by atoms with Crippen molar-refractivity contribution in [3.8, 4) is 67.3 Å². The molecule has 0 radical (unpaired) electrons. The van der Waals surface area contributed by atoms with Crippen LogP contribution in [0.1, 0.15) is 0 Å². The van der Waals surface area contributed by atoms with E-state index in [-0.39, 0.29) is 0 Å². The lowest BCUT2D eigenvalue weighted by Crippen LogP contribution is -1.97. The molecule has 0 atom stereocenters. The Kier molecular flexibility index (Phi) is 8.39. The number of benzene rings is 10. The Balaban J connectivity index is 1.00. The molecule has 3 heteroatoms. The van der Waals surface area contributed by atoms with E-state index in [4.69, 9.17) is 9.97 Å².